The van der Waals surface area contributed by atoms with Gasteiger partial charge in [-0.15, -0.1) is 0 Å². The zero-order valence-corrected chi connectivity index (χ0v) is 16.3. The third-order valence-corrected chi connectivity index (χ3v) is 4.30. The fourth-order valence-corrected chi connectivity index (χ4v) is 2.60. The smallest absolute Gasteiger partial charge is 0.244 e. The quantitative estimate of drug-likeness (QED) is 0.676. The summed E-state index contributed by atoms with van der Waals surface area (Å²) in [4.78, 5) is 23.8. The first kappa shape index (κ1) is 20.7. The van der Waals surface area contributed by atoms with E-state index in [1.54, 1.807) is 31.2 Å². The van der Waals surface area contributed by atoms with Gasteiger partial charge < -0.3 is 10.6 Å². The zero-order chi connectivity index (χ0) is 19.6. The molecule has 2 aromatic carbocycles. The molecule has 0 saturated carbocycles. The molecule has 0 fully saturated rings. The van der Waals surface area contributed by atoms with E-state index in [9.17, 15) is 9.59 Å². The summed E-state index contributed by atoms with van der Waals surface area (Å²) in [5, 5.41) is 6.66. The summed E-state index contributed by atoms with van der Waals surface area (Å²) in [7, 11) is 0. The van der Waals surface area contributed by atoms with Gasteiger partial charge in [0, 0.05) is 34.8 Å². The van der Waals surface area contributed by atoms with Gasteiger partial charge in [0.1, 0.15) is 0 Å². The Morgan fingerprint density at radius 1 is 0.889 bits per heavy atom. The normalized spacial score (nSPS) is 12.3. The summed E-state index contributed by atoms with van der Waals surface area (Å²) < 4.78 is 0. The number of rotatable bonds is 7. The van der Waals surface area contributed by atoms with E-state index in [0.29, 0.717) is 16.6 Å². The second-order valence-electron chi connectivity index (χ2n) is 5.86. The first-order valence-electron chi connectivity index (χ1n) is 8.39. The van der Waals surface area contributed by atoms with Crippen LogP contribution in [0.1, 0.15) is 18.1 Å². The van der Waals surface area contributed by atoms with Crippen LogP contribution in [0.5, 0.6) is 0 Å². The van der Waals surface area contributed by atoms with E-state index in [2.05, 4.69) is 10.6 Å². The molecule has 0 spiro atoms. The topological polar surface area (TPSA) is 58.2 Å². The Morgan fingerprint density at radius 2 is 1.37 bits per heavy atom. The summed E-state index contributed by atoms with van der Waals surface area (Å²) in [6.07, 6.45) is 6.12. The molecule has 0 aliphatic carbocycles. The lowest BCUT2D eigenvalue weighted by Crippen LogP contribution is -2.40. The number of carbonyl (C=O) groups is 2. The average molecular weight is 403 g/mol. The van der Waals surface area contributed by atoms with Gasteiger partial charge in [0.25, 0.3) is 0 Å². The van der Waals surface area contributed by atoms with Crippen LogP contribution in [-0.2, 0) is 9.59 Å². The van der Waals surface area contributed by atoms with E-state index in [1.807, 2.05) is 36.4 Å². The molecule has 4 nitrogen and oxygen atoms in total. The summed E-state index contributed by atoms with van der Waals surface area (Å²) in [5.41, 5.74) is 1.53. The number of nitrogens with one attached hydrogen (secondary N) is 2. The van der Waals surface area contributed by atoms with Crippen molar-refractivity contribution in [2.75, 3.05) is 6.54 Å². The van der Waals surface area contributed by atoms with Crippen molar-refractivity contribution >= 4 is 47.2 Å². The number of benzene rings is 2. The van der Waals surface area contributed by atoms with Crippen LogP contribution < -0.4 is 10.6 Å². The maximum absolute atomic E-state index is 11.9. The van der Waals surface area contributed by atoms with Gasteiger partial charge in [0.15, 0.2) is 0 Å². The van der Waals surface area contributed by atoms with Crippen molar-refractivity contribution in [3.05, 3.63) is 81.9 Å². The first-order valence-corrected chi connectivity index (χ1v) is 9.15. The first-order chi connectivity index (χ1) is 13.0. The van der Waals surface area contributed by atoms with E-state index in [4.69, 9.17) is 23.2 Å². The lowest BCUT2D eigenvalue weighted by Gasteiger charge is -2.12. The third-order valence-electron chi connectivity index (χ3n) is 3.61. The summed E-state index contributed by atoms with van der Waals surface area (Å²) >= 11 is 12.1. The lowest BCUT2D eigenvalue weighted by atomic mass is 10.2. The van der Waals surface area contributed by atoms with Crippen LogP contribution in [0.25, 0.3) is 12.2 Å². The van der Waals surface area contributed by atoms with E-state index in [1.165, 1.54) is 12.2 Å². The molecular formula is C21H20Cl2N2O2. The Kier molecular flexibility index (Phi) is 8.11. The molecule has 0 heterocycles. The molecule has 0 radical (unpaired) electrons. The van der Waals surface area contributed by atoms with Crippen molar-refractivity contribution < 1.29 is 9.59 Å². The Labute approximate surface area is 168 Å². The number of carbonyl (C=O) groups excluding carboxylic acids is 2. The highest BCUT2D eigenvalue weighted by atomic mass is 35.5. The molecule has 2 N–H and O–H groups in total. The molecule has 0 aliphatic heterocycles. The molecule has 2 rings (SSSR count). The molecule has 1 atom stereocenters. The fraction of sp³-hybridized carbons (Fsp3) is 0.143. The second kappa shape index (κ2) is 10.6. The molecule has 0 aliphatic rings. The minimum Gasteiger partial charge on any atom is -0.351 e. The van der Waals surface area contributed by atoms with Crippen LogP contribution in [0.3, 0.4) is 0 Å². The van der Waals surface area contributed by atoms with Crippen molar-refractivity contribution in [2.24, 2.45) is 0 Å². The standard InChI is InChI=1S/C21H20Cl2N2O2/c1-15(25-21(27)13-11-17-7-3-5-9-19(17)23)14-24-20(26)12-10-16-6-2-4-8-18(16)22/h2-13,15H,14H2,1H3,(H,24,26)(H,25,27)/b12-10+,13-11+/t15-/m1/s1. The van der Waals surface area contributed by atoms with Gasteiger partial charge in [-0.25, -0.2) is 0 Å². The Balaban J connectivity index is 1.77. The molecule has 2 aromatic rings. The monoisotopic (exact) mass is 402 g/mol. The van der Waals surface area contributed by atoms with E-state index < -0.39 is 0 Å². The maximum Gasteiger partial charge on any atom is 0.244 e. The number of halogens is 2. The van der Waals surface area contributed by atoms with E-state index >= 15 is 0 Å². The molecule has 140 valence electrons. The van der Waals surface area contributed by atoms with Crippen molar-refractivity contribution in [2.45, 2.75) is 13.0 Å². The molecule has 6 heteroatoms. The Bertz CT molecular complexity index is 863. The third kappa shape index (κ3) is 7.29. The van der Waals surface area contributed by atoms with Gasteiger partial charge in [-0.05, 0) is 42.3 Å². The van der Waals surface area contributed by atoms with Gasteiger partial charge >= 0.3 is 0 Å². The largest absolute Gasteiger partial charge is 0.351 e. The van der Waals surface area contributed by atoms with Crippen molar-refractivity contribution in [3.8, 4) is 0 Å². The summed E-state index contributed by atoms with van der Waals surface area (Å²) in [6, 6.07) is 14.3. The highest BCUT2D eigenvalue weighted by molar-refractivity contribution is 6.32. The van der Waals surface area contributed by atoms with Crippen molar-refractivity contribution in [1.29, 1.82) is 0 Å². The van der Waals surface area contributed by atoms with Gasteiger partial charge in [-0.2, -0.15) is 0 Å². The number of amides is 2. The maximum atomic E-state index is 11.9. The SMILES string of the molecule is C[C@H](CNC(=O)/C=C/c1ccccc1Cl)NC(=O)/C=C/c1ccccc1Cl. The van der Waals surface area contributed by atoms with Crippen LogP contribution in [0.4, 0.5) is 0 Å². The van der Waals surface area contributed by atoms with Crippen molar-refractivity contribution in [3.63, 3.8) is 0 Å². The summed E-state index contributed by atoms with van der Waals surface area (Å²) in [6.45, 7) is 2.11. The summed E-state index contributed by atoms with van der Waals surface area (Å²) in [5.74, 6) is -0.522. The second-order valence-corrected chi connectivity index (χ2v) is 6.68. The van der Waals surface area contributed by atoms with Crippen LogP contribution in [0, 0.1) is 0 Å². The van der Waals surface area contributed by atoms with Crippen molar-refractivity contribution in [1.82, 2.24) is 10.6 Å². The predicted octanol–water partition coefficient (Wildman–Crippen LogP) is 4.34. The molecular weight excluding hydrogens is 383 g/mol. The lowest BCUT2D eigenvalue weighted by molar-refractivity contribution is -0.118. The van der Waals surface area contributed by atoms with Gasteiger partial charge in [-0.1, -0.05) is 59.6 Å². The average Bonchev–Trinajstić information content (AvgIpc) is 2.65. The van der Waals surface area contributed by atoms with E-state index in [0.717, 1.165) is 11.1 Å². The highest BCUT2D eigenvalue weighted by Crippen LogP contribution is 2.16. The van der Waals surface area contributed by atoms with Crippen LogP contribution in [0.15, 0.2) is 60.7 Å². The molecule has 27 heavy (non-hydrogen) atoms. The van der Waals surface area contributed by atoms with Crippen LogP contribution >= 0.6 is 23.2 Å². The molecule has 0 bridgehead atoms. The Morgan fingerprint density at radius 3 is 1.89 bits per heavy atom. The van der Waals surface area contributed by atoms with Gasteiger partial charge in [-0.3, -0.25) is 9.59 Å². The molecule has 0 aromatic heterocycles. The minimum atomic E-state index is -0.261. The van der Waals surface area contributed by atoms with E-state index in [-0.39, 0.29) is 17.9 Å². The minimum absolute atomic E-state index is 0.231. The Hall–Kier alpha value is -2.56. The molecule has 2 amide bonds. The van der Waals surface area contributed by atoms with Crippen LogP contribution in [0.2, 0.25) is 10.0 Å². The van der Waals surface area contributed by atoms with Gasteiger partial charge in [0.2, 0.25) is 11.8 Å². The highest BCUT2D eigenvalue weighted by Gasteiger charge is 2.06. The molecule has 0 saturated heterocycles. The fourth-order valence-electron chi connectivity index (χ4n) is 2.21. The predicted molar refractivity (Wildman–Crippen MR) is 112 cm³/mol. The number of hydrogen-bond acceptors (Lipinski definition) is 2. The van der Waals surface area contributed by atoms with Gasteiger partial charge in [0.05, 0.1) is 0 Å². The zero-order valence-electron chi connectivity index (χ0n) is 14.8. The van der Waals surface area contributed by atoms with Crippen LogP contribution in [-0.4, -0.2) is 24.4 Å². The molecule has 0 unspecified atom stereocenters. The number of hydrogen-bond donors (Lipinski definition) is 2.